The van der Waals surface area contributed by atoms with Crippen molar-refractivity contribution in [3.63, 3.8) is 0 Å². The standard InChI is InChI=1S/C23H26N6O3/c1-32-19-8-6-17(7-9-19)20-14-21(26-16-25-20)28-12-3-4-18(15-28)23(31)24-11-13-29-22(30)5-2-10-27-29/h2,5-10,14,16,18H,3-4,11-13,15H2,1H3,(H,24,31). The van der Waals surface area contributed by atoms with Crippen molar-refractivity contribution < 1.29 is 9.53 Å². The average Bonchev–Trinajstić information content (AvgIpc) is 2.85. The zero-order valence-electron chi connectivity index (χ0n) is 18.0. The van der Waals surface area contributed by atoms with Gasteiger partial charge in [-0.2, -0.15) is 5.10 Å². The summed E-state index contributed by atoms with van der Waals surface area (Å²) in [5, 5.41) is 6.94. The summed E-state index contributed by atoms with van der Waals surface area (Å²) >= 11 is 0. The molecule has 2 aromatic heterocycles. The SMILES string of the molecule is COc1ccc(-c2cc(N3CCCC(C(=O)NCCn4ncccc4=O)C3)ncn2)cc1. The third-order valence-corrected chi connectivity index (χ3v) is 5.56. The van der Waals surface area contributed by atoms with E-state index in [-0.39, 0.29) is 17.4 Å². The van der Waals surface area contributed by atoms with Crippen molar-refractivity contribution in [2.75, 3.05) is 31.6 Å². The molecule has 1 fully saturated rings. The predicted octanol–water partition coefficient (Wildman–Crippen LogP) is 1.74. The van der Waals surface area contributed by atoms with E-state index in [4.69, 9.17) is 4.74 Å². The highest BCUT2D eigenvalue weighted by Gasteiger charge is 2.26. The molecule has 4 rings (SSSR count). The number of methoxy groups -OCH3 is 1. The number of hydrogen-bond donors (Lipinski definition) is 1. The lowest BCUT2D eigenvalue weighted by Crippen LogP contribution is -2.44. The molecule has 9 nitrogen and oxygen atoms in total. The monoisotopic (exact) mass is 434 g/mol. The highest BCUT2D eigenvalue weighted by atomic mass is 16.5. The number of carbonyl (C=O) groups excluding carboxylic acids is 1. The van der Waals surface area contributed by atoms with Crippen LogP contribution in [-0.2, 0) is 11.3 Å². The number of piperidine rings is 1. The van der Waals surface area contributed by atoms with Gasteiger partial charge in [-0.25, -0.2) is 14.6 Å². The molecule has 0 spiro atoms. The van der Waals surface area contributed by atoms with E-state index in [1.807, 2.05) is 30.3 Å². The lowest BCUT2D eigenvalue weighted by Gasteiger charge is -2.33. The average molecular weight is 435 g/mol. The van der Waals surface area contributed by atoms with Gasteiger partial charge in [0.1, 0.15) is 17.9 Å². The first kappa shape index (κ1) is 21.5. The Bertz CT molecular complexity index is 1110. The van der Waals surface area contributed by atoms with Crippen LogP contribution in [0.4, 0.5) is 5.82 Å². The number of ether oxygens (including phenoxy) is 1. The van der Waals surface area contributed by atoms with E-state index >= 15 is 0 Å². The molecule has 0 aliphatic carbocycles. The molecule has 0 radical (unpaired) electrons. The molecule has 32 heavy (non-hydrogen) atoms. The summed E-state index contributed by atoms with van der Waals surface area (Å²) in [4.78, 5) is 35.4. The van der Waals surface area contributed by atoms with Gasteiger partial charge in [0.05, 0.1) is 25.3 Å². The quantitative estimate of drug-likeness (QED) is 0.604. The van der Waals surface area contributed by atoms with Crippen molar-refractivity contribution in [1.82, 2.24) is 25.1 Å². The second kappa shape index (κ2) is 10.0. The molecule has 0 saturated carbocycles. The molecule has 1 unspecified atom stereocenters. The fraction of sp³-hybridized carbons (Fsp3) is 0.348. The van der Waals surface area contributed by atoms with Gasteiger partial charge in [0.25, 0.3) is 5.56 Å². The minimum Gasteiger partial charge on any atom is -0.497 e. The van der Waals surface area contributed by atoms with Gasteiger partial charge in [0.2, 0.25) is 5.91 Å². The van der Waals surface area contributed by atoms with Crippen LogP contribution in [0.2, 0.25) is 0 Å². The maximum Gasteiger partial charge on any atom is 0.266 e. The van der Waals surface area contributed by atoms with Gasteiger partial charge in [-0.15, -0.1) is 0 Å². The van der Waals surface area contributed by atoms with Crippen molar-refractivity contribution in [1.29, 1.82) is 0 Å². The van der Waals surface area contributed by atoms with Crippen molar-refractivity contribution in [3.05, 3.63) is 65.3 Å². The van der Waals surface area contributed by atoms with E-state index in [9.17, 15) is 9.59 Å². The molecule has 3 heterocycles. The highest BCUT2D eigenvalue weighted by Crippen LogP contribution is 2.26. The number of aromatic nitrogens is 4. The summed E-state index contributed by atoms with van der Waals surface area (Å²) < 4.78 is 6.56. The van der Waals surface area contributed by atoms with Gasteiger partial charge in [-0.3, -0.25) is 9.59 Å². The van der Waals surface area contributed by atoms with Crippen molar-refractivity contribution in [2.24, 2.45) is 5.92 Å². The van der Waals surface area contributed by atoms with Crippen molar-refractivity contribution >= 4 is 11.7 Å². The van der Waals surface area contributed by atoms with Crippen molar-refractivity contribution in [3.8, 4) is 17.0 Å². The van der Waals surface area contributed by atoms with E-state index in [0.717, 1.165) is 42.2 Å². The predicted molar refractivity (Wildman–Crippen MR) is 120 cm³/mol. The number of amides is 1. The summed E-state index contributed by atoms with van der Waals surface area (Å²) in [5.41, 5.74) is 1.62. The molecule has 1 atom stereocenters. The maximum atomic E-state index is 12.7. The summed E-state index contributed by atoms with van der Waals surface area (Å²) in [6, 6.07) is 12.7. The fourth-order valence-corrected chi connectivity index (χ4v) is 3.82. The Balaban J connectivity index is 1.37. The molecular formula is C23H26N6O3. The van der Waals surface area contributed by atoms with Crippen LogP contribution >= 0.6 is 0 Å². The minimum absolute atomic E-state index is 0.0110. The van der Waals surface area contributed by atoms with Crippen LogP contribution in [0.25, 0.3) is 11.3 Å². The van der Waals surface area contributed by atoms with E-state index in [1.54, 1.807) is 25.7 Å². The second-order valence-corrected chi connectivity index (χ2v) is 7.65. The molecule has 0 bridgehead atoms. The number of carbonyl (C=O) groups is 1. The molecule has 1 saturated heterocycles. The number of benzene rings is 1. The number of hydrogen-bond acceptors (Lipinski definition) is 7. The first-order chi connectivity index (χ1) is 15.6. The third kappa shape index (κ3) is 5.11. The molecule has 3 aromatic rings. The molecular weight excluding hydrogens is 408 g/mol. The minimum atomic E-state index is -0.179. The maximum absolute atomic E-state index is 12.7. The van der Waals surface area contributed by atoms with Crippen LogP contribution in [0.1, 0.15) is 12.8 Å². The van der Waals surface area contributed by atoms with Crippen LogP contribution in [0.5, 0.6) is 5.75 Å². The van der Waals surface area contributed by atoms with E-state index in [2.05, 4.69) is 25.3 Å². The molecule has 1 amide bonds. The molecule has 166 valence electrons. The smallest absolute Gasteiger partial charge is 0.266 e. The van der Waals surface area contributed by atoms with Gasteiger partial charge in [-0.1, -0.05) is 0 Å². The lowest BCUT2D eigenvalue weighted by molar-refractivity contribution is -0.125. The van der Waals surface area contributed by atoms with Crippen LogP contribution in [0, 0.1) is 5.92 Å². The van der Waals surface area contributed by atoms with Crippen molar-refractivity contribution in [2.45, 2.75) is 19.4 Å². The van der Waals surface area contributed by atoms with Crippen LogP contribution in [-0.4, -0.2) is 52.4 Å². The van der Waals surface area contributed by atoms with E-state index in [0.29, 0.717) is 19.6 Å². The summed E-state index contributed by atoms with van der Waals surface area (Å²) in [6.45, 7) is 2.14. The highest BCUT2D eigenvalue weighted by molar-refractivity contribution is 5.79. The first-order valence-corrected chi connectivity index (χ1v) is 10.7. The normalized spacial score (nSPS) is 15.9. The van der Waals surface area contributed by atoms with Gasteiger partial charge in [0.15, 0.2) is 0 Å². The Kier molecular flexibility index (Phi) is 6.74. The van der Waals surface area contributed by atoms with Gasteiger partial charge < -0.3 is 15.0 Å². The van der Waals surface area contributed by atoms with E-state index in [1.165, 1.54) is 10.7 Å². The number of nitrogens with one attached hydrogen (secondary N) is 1. The zero-order valence-corrected chi connectivity index (χ0v) is 18.0. The number of rotatable bonds is 7. The number of anilines is 1. The Morgan fingerprint density at radius 2 is 2.06 bits per heavy atom. The third-order valence-electron chi connectivity index (χ3n) is 5.56. The Morgan fingerprint density at radius 3 is 2.84 bits per heavy atom. The second-order valence-electron chi connectivity index (χ2n) is 7.65. The van der Waals surface area contributed by atoms with E-state index < -0.39 is 0 Å². The topological polar surface area (TPSA) is 102 Å². The molecule has 1 N–H and O–H groups in total. The van der Waals surface area contributed by atoms with Crippen LogP contribution in [0.3, 0.4) is 0 Å². The van der Waals surface area contributed by atoms with Crippen LogP contribution < -0.4 is 20.5 Å². The fourth-order valence-electron chi connectivity index (χ4n) is 3.82. The number of nitrogens with zero attached hydrogens (tertiary/aromatic N) is 5. The molecule has 9 heteroatoms. The lowest BCUT2D eigenvalue weighted by atomic mass is 9.97. The molecule has 1 aliphatic rings. The van der Waals surface area contributed by atoms with Gasteiger partial charge >= 0.3 is 0 Å². The zero-order chi connectivity index (χ0) is 22.3. The Labute approximate surface area is 186 Å². The summed E-state index contributed by atoms with van der Waals surface area (Å²) in [5.74, 6) is 1.45. The summed E-state index contributed by atoms with van der Waals surface area (Å²) in [6.07, 6.45) is 4.84. The molecule has 1 aliphatic heterocycles. The Morgan fingerprint density at radius 1 is 1.22 bits per heavy atom. The van der Waals surface area contributed by atoms with Crippen LogP contribution in [0.15, 0.2) is 59.8 Å². The molecule has 1 aromatic carbocycles. The Hall–Kier alpha value is -3.75. The first-order valence-electron chi connectivity index (χ1n) is 10.7. The largest absolute Gasteiger partial charge is 0.497 e. The van der Waals surface area contributed by atoms with Gasteiger partial charge in [-0.05, 0) is 43.2 Å². The van der Waals surface area contributed by atoms with Gasteiger partial charge in [0, 0.05) is 43.5 Å². The summed E-state index contributed by atoms with van der Waals surface area (Å²) in [7, 11) is 1.64.